The average molecular weight is 394 g/mol. The Labute approximate surface area is 168 Å². The molecule has 1 fully saturated rings. The minimum Gasteiger partial charge on any atom is -0.368 e. The van der Waals surface area contributed by atoms with Crippen LogP contribution in [0.4, 0.5) is 0 Å². The van der Waals surface area contributed by atoms with Crippen molar-refractivity contribution in [2.24, 2.45) is 5.73 Å². The predicted octanol–water partition coefficient (Wildman–Crippen LogP) is 3.18. The van der Waals surface area contributed by atoms with E-state index in [1.54, 1.807) is 0 Å². The van der Waals surface area contributed by atoms with Crippen molar-refractivity contribution < 1.29 is 4.79 Å². The summed E-state index contributed by atoms with van der Waals surface area (Å²) in [6.07, 6.45) is 2.44. The van der Waals surface area contributed by atoms with Crippen LogP contribution in [0.1, 0.15) is 29.5 Å². The van der Waals surface area contributed by atoms with E-state index in [4.69, 9.17) is 5.73 Å². The minimum atomic E-state index is -0.521. The second kappa shape index (κ2) is 8.58. The Morgan fingerprint density at radius 2 is 1.64 bits per heavy atom. The molecule has 0 aliphatic carbocycles. The van der Waals surface area contributed by atoms with Gasteiger partial charge in [-0.25, -0.2) is 0 Å². The summed E-state index contributed by atoms with van der Waals surface area (Å²) in [6, 6.07) is 19.6. The molecule has 1 aromatic heterocycles. The molecule has 6 nitrogen and oxygen atoms in total. The maximum absolute atomic E-state index is 12.2. The Balaban J connectivity index is 1.69. The van der Waals surface area contributed by atoms with E-state index in [2.05, 4.69) is 15.1 Å². The van der Waals surface area contributed by atoms with Crippen molar-refractivity contribution in [3.05, 3.63) is 72.1 Å². The monoisotopic (exact) mass is 393 g/mol. The van der Waals surface area contributed by atoms with E-state index in [9.17, 15) is 4.79 Å². The van der Waals surface area contributed by atoms with Crippen LogP contribution in [0.15, 0.2) is 65.8 Å². The lowest BCUT2D eigenvalue weighted by Crippen LogP contribution is -2.21. The van der Waals surface area contributed by atoms with E-state index >= 15 is 0 Å². The number of aromatic nitrogens is 3. The van der Waals surface area contributed by atoms with Gasteiger partial charge in [-0.05, 0) is 43.6 Å². The number of hydrogen-bond donors (Lipinski definition) is 1. The van der Waals surface area contributed by atoms with E-state index in [0.717, 1.165) is 36.7 Å². The van der Waals surface area contributed by atoms with Gasteiger partial charge in [-0.15, -0.1) is 10.2 Å². The number of para-hydroxylation sites is 1. The number of likely N-dealkylation sites (tertiary alicyclic amines) is 1. The smallest absolute Gasteiger partial charge is 0.235 e. The van der Waals surface area contributed by atoms with Crippen LogP contribution in [0.25, 0.3) is 5.69 Å². The Morgan fingerprint density at radius 3 is 2.29 bits per heavy atom. The van der Waals surface area contributed by atoms with Crippen molar-refractivity contribution >= 4 is 17.7 Å². The summed E-state index contributed by atoms with van der Waals surface area (Å²) in [5.74, 6) is 0.492. The van der Waals surface area contributed by atoms with Gasteiger partial charge in [0.05, 0.1) is 6.54 Å². The molecule has 1 aliphatic heterocycles. The zero-order valence-electron chi connectivity index (χ0n) is 15.6. The highest BCUT2D eigenvalue weighted by Crippen LogP contribution is 2.35. The van der Waals surface area contributed by atoms with Crippen LogP contribution in [0.3, 0.4) is 0 Å². The first kappa shape index (κ1) is 18.7. The van der Waals surface area contributed by atoms with Crippen molar-refractivity contribution in [1.29, 1.82) is 0 Å². The topological polar surface area (TPSA) is 77.0 Å². The van der Waals surface area contributed by atoms with Gasteiger partial charge >= 0.3 is 0 Å². The molecule has 4 rings (SSSR count). The van der Waals surface area contributed by atoms with E-state index < -0.39 is 5.25 Å². The Kier molecular flexibility index (Phi) is 5.73. The zero-order valence-corrected chi connectivity index (χ0v) is 16.4. The summed E-state index contributed by atoms with van der Waals surface area (Å²) in [4.78, 5) is 14.6. The molecule has 2 N–H and O–H groups in total. The van der Waals surface area contributed by atoms with Crippen molar-refractivity contribution in [1.82, 2.24) is 19.7 Å². The summed E-state index contributed by atoms with van der Waals surface area (Å²) in [5, 5.41) is 9.04. The van der Waals surface area contributed by atoms with Gasteiger partial charge in [0.15, 0.2) is 11.0 Å². The molecule has 3 aromatic rings. The summed E-state index contributed by atoms with van der Waals surface area (Å²) >= 11 is 1.35. The zero-order chi connectivity index (χ0) is 19.3. The van der Waals surface area contributed by atoms with E-state index in [0.29, 0.717) is 5.16 Å². The molecule has 7 heteroatoms. The molecular weight excluding hydrogens is 370 g/mol. The third-order valence-corrected chi connectivity index (χ3v) is 6.08. The summed E-state index contributed by atoms with van der Waals surface area (Å²) < 4.78 is 2.04. The maximum Gasteiger partial charge on any atom is 0.235 e. The fraction of sp³-hybridized carbons (Fsp3) is 0.286. The van der Waals surface area contributed by atoms with Crippen molar-refractivity contribution in [3.63, 3.8) is 0 Å². The van der Waals surface area contributed by atoms with Gasteiger partial charge in [-0.3, -0.25) is 14.3 Å². The van der Waals surface area contributed by atoms with Crippen LogP contribution in [0.5, 0.6) is 0 Å². The predicted molar refractivity (Wildman–Crippen MR) is 110 cm³/mol. The number of thioether (sulfide) groups is 1. The van der Waals surface area contributed by atoms with Gasteiger partial charge < -0.3 is 5.73 Å². The summed E-state index contributed by atoms with van der Waals surface area (Å²) in [6.45, 7) is 2.91. The molecule has 0 bridgehead atoms. The normalized spacial score (nSPS) is 15.6. The number of hydrogen-bond acceptors (Lipinski definition) is 5. The molecule has 1 amide bonds. The fourth-order valence-electron chi connectivity index (χ4n) is 3.48. The van der Waals surface area contributed by atoms with Crippen LogP contribution in [-0.2, 0) is 11.3 Å². The lowest BCUT2D eigenvalue weighted by Gasteiger charge is -2.17. The Hall–Kier alpha value is -2.64. The molecule has 1 saturated heterocycles. The van der Waals surface area contributed by atoms with Crippen LogP contribution in [0.2, 0.25) is 0 Å². The first-order valence-electron chi connectivity index (χ1n) is 9.45. The lowest BCUT2D eigenvalue weighted by atomic mass is 10.1. The molecule has 0 radical (unpaired) electrons. The first-order valence-corrected chi connectivity index (χ1v) is 10.3. The van der Waals surface area contributed by atoms with Crippen LogP contribution in [-0.4, -0.2) is 38.7 Å². The molecule has 2 aromatic carbocycles. The van der Waals surface area contributed by atoms with Crippen LogP contribution >= 0.6 is 11.8 Å². The number of nitrogens with zero attached hydrogens (tertiary/aromatic N) is 4. The second-order valence-corrected chi connectivity index (χ2v) is 7.94. The van der Waals surface area contributed by atoms with Gasteiger partial charge in [0.2, 0.25) is 5.91 Å². The van der Waals surface area contributed by atoms with Gasteiger partial charge in [-0.1, -0.05) is 60.3 Å². The maximum atomic E-state index is 12.2. The molecule has 1 atom stereocenters. The number of carbonyl (C=O) groups is 1. The van der Waals surface area contributed by atoms with Gasteiger partial charge in [0, 0.05) is 5.69 Å². The highest BCUT2D eigenvalue weighted by molar-refractivity contribution is 8.00. The minimum absolute atomic E-state index is 0.389. The molecule has 144 valence electrons. The van der Waals surface area contributed by atoms with Crippen LogP contribution < -0.4 is 5.73 Å². The van der Waals surface area contributed by atoms with E-state index in [1.807, 2.05) is 65.2 Å². The average Bonchev–Trinajstić information content (AvgIpc) is 3.37. The number of nitrogens with two attached hydrogens (primary N) is 1. The molecule has 0 saturated carbocycles. The molecule has 28 heavy (non-hydrogen) atoms. The summed E-state index contributed by atoms with van der Waals surface area (Å²) in [7, 11) is 0. The Bertz CT molecular complexity index is 922. The third kappa shape index (κ3) is 4.10. The highest BCUT2D eigenvalue weighted by Gasteiger charge is 2.25. The quantitative estimate of drug-likeness (QED) is 0.624. The number of amides is 1. The number of primary amides is 1. The van der Waals surface area contributed by atoms with Crippen molar-refractivity contribution in [2.45, 2.75) is 29.8 Å². The lowest BCUT2D eigenvalue weighted by molar-refractivity contribution is -0.117. The van der Waals surface area contributed by atoms with Gasteiger partial charge in [-0.2, -0.15) is 0 Å². The van der Waals surface area contributed by atoms with E-state index in [-0.39, 0.29) is 5.91 Å². The molecule has 1 unspecified atom stereocenters. The highest BCUT2D eigenvalue weighted by atomic mass is 32.2. The molecule has 2 heterocycles. The Morgan fingerprint density at radius 1 is 1.00 bits per heavy atom. The first-order chi connectivity index (χ1) is 13.7. The van der Waals surface area contributed by atoms with Crippen LogP contribution in [0, 0.1) is 0 Å². The number of benzene rings is 2. The molecule has 0 spiro atoms. The standard InChI is InChI=1S/C21H23N5OS/c22-20(27)19(16-9-3-1-4-10-16)28-21-24-23-18(15-25-13-7-8-14-25)26(21)17-11-5-2-6-12-17/h1-6,9-12,19H,7-8,13-15H2,(H2,22,27). The largest absolute Gasteiger partial charge is 0.368 e. The number of rotatable bonds is 7. The summed E-state index contributed by atoms with van der Waals surface area (Å²) in [5.41, 5.74) is 7.57. The molecular formula is C21H23N5OS. The second-order valence-electron chi connectivity index (χ2n) is 6.86. The fourth-order valence-corrected chi connectivity index (χ4v) is 4.50. The van der Waals surface area contributed by atoms with Gasteiger partial charge in [0.25, 0.3) is 0 Å². The molecule has 1 aliphatic rings. The number of carbonyl (C=O) groups excluding carboxylic acids is 1. The van der Waals surface area contributed by atoms with Crippen molar-refractivity contribution in [3.8, 4) is 5.69 Å². The SMILES string of the molecule is NC(=O)C(Sc1nnc(CN2CCCC2)n1-c1ccccc1)c1ccccc1. The van der Waals surface area contributed by atoms with E-state index in [1.165, 1.54) is 24.6 Å². The third-order valence-electron chi connectivity index (χ3n) is 4.86. The van der Waals surface area contributed by atoms with Crippen molar-refractivity contribution in [2.75, 3.05) is 13.1 Å². The van der Waals surface area contributed by atoms with Gasteiger partial charge in [0.1, 0.15) is 5.25 Å².